The second-order valence-corrected chi connectivity index (χ2v) is 6.72. The molecule has 1 nitrogen and oxygen atoms in total. The molecule has 0 heterocycles. The molecule has 128 valence electrons. The van der Waals surface area contributed by atoms with Crippen molar-refractivity contribution in [3.8, 4) is 0 Å². The van der Waals surface area contributed by atoms with E-state index in [0.717, 1.165) is 19.5 Å². The summed E-state index contributed by atoms with van der Waals surface area (Å²) in [7, 11) is 0. The van der Waals surface area contributed by atoms with Crippen LogP contribution in [-0.2, 0) is 19.5 Å². The van der Waals surface area contributed by atoms with Crippen LogP contribution in [0.1, 0.15) is 22.3 Å². The zero-order chi connectivity index (χ0) is 17.6. The first kappa shape index (κ1) is 16.6. The van der Waals surface area contributed by atoms with Crippen molar-refractivity contribution in [1.29, 1.82) is 0 Å². The largest absolute Gasteiger partial charge is 0.309 e. The van der Waals surface area contributed by atoms with E-state index >= 15 is 0 Å². The van der Waals surface area contributed by atoms with Crippen LogP contribution >= 0.6 is 0 Å². The summed E-state index contributed by atoms with van der Waals surface area (Å²) in [6.45, 7) is 1.79. The van der Waals surface area contributed by atoms with Gasteiger partial charge in [-0.15, -0.1) is 0 Å². The maximum atomic E-state index is 3.51. The summed E-state index contributed by atoms with van der Waals surface area (Å²) in [6, 6.07) is 34.7. The average Bonchev–Trinajstić information content (AvgIpc) is 2.70. The van der Waals surface area contributed by atoms with Crippen LogP contribution in [0.3, 0.4) is 0 Å². The molecule has 0 bridgehead atoms. The molecule has 0 atom stereocenters. The van der Waals surface area contributed by atoms with Gasteiger partial charge in [0, 0.05) is 13.1 Å². The van der Waals surface area contributed by atoms with E-state index in [2.05, 4.69) is 102 Å². The minimum atomic E-state index is 0.892. The van der Waals surface area contributed by atoms with Crippen LogP contribution in [0.2, 0.25) is 0 Å². The van der Waals surface area contributed by atoms with Gasteiger partial charge in [-0.25, -0.2) is 0 Å². The third-order valence-electron chi connectivity index (χ3n) is 4.80. The maximum Gasteiger partial charge on any atom is 0.0208 e. The topological polar surface area (TPSA) is 12.0 Å². The molecule has 0 saturated heterocycles. The van der Waals surface area contributed by atoms with E-state index in [4.69, 9.17) is 0 Å². The molecular weight excluding hydrogens is 314 g/mol. The monoisotopic (exact) mass is 337 g/mol. The van der Waals surface area contributed by atoms with Gasteiger partial charge in [0.15, 0.2) is 0 Å². The van der Waals surface area contributed by atoms with Crippen LogP contribution in [-0.4, -0.2) is 0 Å². The fourth-order valence-electron chi connectivity index (χ4n) is 3.39. The van der Waals surface area contributed by atoms with Crippen molar-refractivity contribution in [3.63, 3.8) is 0 Å². The van der Waals surface area contributed by atoms with Gasteiger partial charge in [0.05, 0.1) is 0 Å². The highest BCUT2D eigenvalue weighted by Gasteiger charge is 2.02. The summed E-state index contributed by atoms with van der Waals surface area (Å²) >= 11 is 0. The summed E-state index contributed by atoms with van der Waals surface area (Å²) in [5.41, 5.74) is 5.38. The summed E-state index contributed by atoms with van der Waals surface area (Å²) in [4.78, 5) is 0. The van der Waals surface area contributed by atoms with Gasteiger partial charge in [-0.2, -0.15) is 0 Å². The lowest BCUT2D eigenvalue weighted by Crippen LogP contribution is -2.12. The van der Waals surface area contributed by atoms with E-state index in [1.54, 1.807) is 0 Å². The zero-order valence-electron chi connectivity index (χ0n) is 14.9. The predicted molar refractivity (Wildman–Crippen MR) is 110 cm³/mol. The van der Waals surface area contributed by atoms with E-state index in [0.29, 0.717) is 0 Å². The predicted octanol–water partition coefficient (Wildman–Crippen LogP) is 5.72. The molecule has 26 heavy (non-hydrogen) atoms. The fourth-order valence-corrected chi connectivity index (χ4v) is 3.39. The van der Waals surface area contributed by atoms with Crippen LogP contribution in [0.25, 0.3) is 10.8 Å². The molecule has 4 rings (SSSR count). The molecule has 0 spiro atoms. The number of nitrogens with one attached hydrogen (secondary N) is 1. The van der Waals surface area contributed by atoms with Crippen molar-refractivity contribution in [1.82, 2.24) is 5.32 Å². The molecule has 0 aromatic heterocycles. The lowest BCUT2D eigenvalue weighted by atomic mass is 9.98. The highest BCUT2D eigenvalue weighted by Crippen LogP contribution is 2.21. The number of benzene rings is 4. The maximum absolute atomic E-state index is 3.51. The Morgan fingerprint density at radius 2 is 1.12 bits per heavy atom. The fraction of sp³-hybridized carbons (Fsp3) is 0.120. The third kappa shape index (κ3) is 4.01. The number of rotatable bonds is 6. The van der Waals surface area contributed by atoms with Gasteiger partial charge in [-0.05, 0) is 39.4 Å². The molecular formula is C25H23N. The molecule has 0 unspecified atom stereocenters. The zero-order valence-corrected chi connectivity index (χ0v) is 14.9. The number of fused-ring (bicyclic) bond motifs is 1. The van der Waals surface area contributed by atoms with Gasteiger partial charge in [0.25, 0.3) is 0 Å². The second-order valence-electron chi connectivity index (χ2n) is 6.72. The van der Waals surface area contributed by atoms with Crippen LogP contribution in [0.4, 0.5) is 0 Å². The van der Waals surface area contributed by atoms with Gasteiger partial charge in [0.2, 0.25) is 0 Å². The van der Waals surface area contributed by atoms with E-state index in [-0.39, 0.29) is 0 Å². The molecule has 0 radical (unpaired) electrons. The SMILES string of the molecule is c1ccc(CNCc2ccc(Cc3cccc4ccccc34)cc2)cc1. The van der Waals surface area contributed by atoms with Crippen molar-refractivity contribution in [2.45, 2.75) is 19.5 Å². The lowest BCUT2D eigenvalue weighted by molar-refractivity contribution is 0.693. The van der Waals surface area contributed by atoms with Crippen molar-refractivity contribution >= 4 is 10.8 Å². The van der Waals surface area contributed by atoms with E-state index < -0.39 is 0 Å². The highest BCUT2D eigenvalue weighted by atomic mass is 14.8. The quantitative estimate of drug-likeness (QED) is 0.474. The first-order valence-corrected chi connectivity index (χ1v) is 9.17. The smallest absolute Gasteiger partial charge is 0.0208 e. The summed E-state index contributed by atoms with van der Waals surface area (Å²) < 4.78 is 0. The van der Waals surface area contributed by atoms with E-state index in [1.165, 1.54) is 33.0 Å². The molecule has 0 aliphatic carbocycles. The number of hydrogen-bond acceptors (Lipinski definition) is 1. The van der Waals surface area contributed by atoms with Gasteiger partial charge in [-0.3, -0.25) is 0 Å². The molecule has 4 aromatic carbocycles. The summed E-state index contributed by atoms with van der Waals surface area (Å²) in [5, 5.41) is 6.17. The Morgan fingerprint density at radius 1 is 0.500 bits per heavy atom. The van der Waals surface area contributed by atoms with Crippen LogP contribution < -0.4 is 5.32 Å². The average molecular weight is 337 g/mol. The summed E-state index contributed by atoms with van der Waals surface area (Å²) in [5.74, 6) is 0. The highest BCUT2D eigenvalue weighted by molar-refractivity contribution is 5.85. The Balaban J connectivity index is 1.39. The van der Waals surface area contributed by atoms with Gasteiger partial charge < -0.3 is 5.32 Å². The van der Waals surface area contributed by atoms with Crippen LogP contribution in [0, 0.1) is 0 Å². The number of hydrogen-bond donors (Lipinski definition) is 1. The van der Waals surface area contributed by atoms with Gasteiger partial charge in [-0.1, -0.05) is 97.1 Å². The second kappa shape index (κ2) is 7.99. The Labute approximate surface area is 155 Å². The van der Waals surface area contributed by atoms with Gasteiger partial charge >= 0.3 is 0 Å². The Morgan fingerprint density at radius 3 is 1.92 bits per heavy atom. The minimum absolute atomic E-state index is 0.892. The van der Waals surface area contributed by atoms with Crippen molar-refractivity contribution in [2.75, 3.05) is 0 Å². The lowest BCUT2D eigenvalue weighted by Gasteiger charge is -2.09. The molecule has 1 heteroatoms. The van der Waals surface area contributed by atoms with Crippen molar-refractivity contribution in [2.24, 2.45) is 0 Å². The van der Waals surface area contributed by atoms with Gasteiger partial charge in [0.1, 0.15) is 0 Å². The molecule has 4 aromatic rings. The van der Waals surface area contributed by atoms with Crippen LogP contribution in [0.5, 0.6) is 0 Å². The first-order valence-electron chi connectivity index (χ1n) is 9.17. The summed E-state index contributed by atoms with van der Waals surface area (Å²) in [6.07, 6.45) is 0.971. The molecule has 0 fully saturated rings. The van der Waals surface area contributed by atoms with Crippen LogP contribution in [0.15, 0.2) is 97.1 Å². The van der Waals surface area contributed by atoms with E-state index in [1.807, 2.05) is 0 Å². The Bertz CT molecular complexity index is 966. The molecule has 0 aliphatic heterocycles. The Hall–Kier alpha value is -2.90. The molecule has 1 N–H and O–H groups in total. The molecule has 0 amide bonds. The third-order valence-corrected chi connectivity index (χ3v) is 4.80. The van der Waals surface area contributed by atoms with Crippen molar-refractivity contribution < 1.29 is 0 Å². The molecule has 0 aliphatic rings. The van der Waals surface area contributed by atoms with Crippen molar-refractivity contribution in [3.05, 3.63) is 119 Å². The van der Waals surface area contributed by atoms with E-state index in [9.17, 15) is 0 Å². The Kier molecular flexibility index (Phi) is 5.09. The molecule has 0 saturated carbocycles. The standard InChI is InChI=1S/C25H23N/c1-2-7-21(8-3-1)18-26-19-22-15-13-20(14-16-22)17-24-11-6-10-23-9-4-5-12-25(23)24/h1-16,26H,17-19H2. The minimum Gasteiger partial charge on any atom is -0.309 e. The normalized spacial score (nSPS) is 10.9. The first-order chi connectivity index (χ1) is 12.9.